The summed E-state index contributed by atoms with van der Waals surface area (Å²) in [5, 5.41) is 18.2. The van der Waals surface area contributed by atoms with E-state index in [0.29, 0.717) is 29.6 Å². The number of carbonyl (C=O) groups is 3. The molecule has 0 unspecified atom stereocenters. The Morgan fingerprint density at radius 2 is 1.94 bits per heavy atom. The number of carbonyl (C=O) groups excluding carboxylic acids is 1. The van der Waals surface area contributed by atoms with Crippen molar-refractivity contribution in [2.45, 2.75) is 0 Å². The topological polar surface area (TPSA) is 117 Å². The molecule has 11 heteroatoms. The molecule has 1 aliphatic heterocycles. The van der Waals surface area contributed by atoms with Gasteiger partial charge in [0.1, 0.15) is 5.75 Å². The maximum atomic E-state index is 12.6. The molecule has 0 atom stereocenters. The van der Waals surface area contributed by atoms with Gasteiger partial charge in [-0.15, -0.1) is 0 Å². The van der Waals surface area contributed by atoms with Crippen LogP contribution in [0.1, 0.15) is 15.9 Å². The summed E-state index contributed by atoms with van der Waals surface area (Å²) in [7, 11) is 1.61. The van der Waals surface area contributed by atoms with Gasteiger partial charge in [-0.1, -0.05) is 0 Å². The first-order valence-corrected chi connectivity index (χ1v) is 11.3. The maximum absolute atomic E-state index is 12.6. The highest BCUT2D eigenvalue weighted by molar-refractivity contribution is 14.1. The number of hydrogen-bond donors (Lipinski definition) is 2. The number of amidine groups is 1. The average Bonchev–Trinajstić information content (AvgIpc) is 2.95. The van der Waals surface area contributed by atoms with Crippen molar-refractivity contribution < 1.29 is 29.3 Å². The number of aromatic carboxylic acids is 1. The van der Waals surface area contributed by atoms with Gasteiger partial charge in [-0.05, 0) is 98.3 Å². The van der Waals surface area contributed by atoms with Crippen LogP contribution in [0.15, 0.2) is 50.8 Å². The van der Waals surface area contributed by atoms with E-state index in [1.54, 1.807) is 37.4 Å². The molecule has 3 rings (SSSR count). The predicted molar refractivity (Wildman–Crippen MR) is 129 cm³/mol. The molecule has 0 saturated carbocycles. The van der Waals surface area contributed by atoms with Crippen molar-refractivity contribution in [1.29, 1.82) is 0 Å². The number of amides is 1. The molecule has 8 nitrogen and oxygen atoms in total. The van der Waals surface area contributed by atoms with Gasteiger partial charge in [0, 0.05) is 7.05 Å². The molecule has 2 N–H and O–H groups in total. The second kappa shape index (κ2) is 9.83. The van der Waals surface area contributed by atoms with Crippen LogP contribution in [-0.4, -0.2) is 51.8 Å². The van der Waals surface area contributed by atoms with Gasteiger partial charge in [-0.3, -0.25) is 9.69 Å². The summed E-state index contributed by atoms with van der Waals surface area (Å²) in [6, 6.07) is 9.57. The van der Waals surface area contributed by atoms with Crippen LogP contribution >= 0.6 is 50.3 Å². The lowest BCUT2D eigenvalue weighted by atomic mass is 10.2. The van der Waals surface area contributed by atoms with Crippen LogP contribution in [0.5, 0.6) is 5.75 Å². The van der Waals surface area contributed by atoms with Crippen molar-refractivity contribution in [3.8, 4) is 5.75 Å². The van der Waals surface area contributed by atoms with E-state index < -0.39 is 18.5 Å². The van der Waals surface area contributed by atoms with Crippen LogP contribution in [-0.2, 0) is 9.59 Å². The summed E-state index contributed by atoms with van der Waals surface area (Å²) in [6.45, 7) is -0.457. The zero-order valence-corrected chi connectivity index (χ0v) is 20.4. The lowest BCUT2D eigenvalue weighted by Crippen LogP contribution is -2.23. The highest BCUT2D eigenvalue weighted by atomic mass is 127. The van der Waals surface area contributed by atoms with E-state index in [9.17, 15) is 14.4 Å². The molecule has 2 aromatic rings. The summed E-state index contributed by atoms with van der Waals surface area (Å²) < 4.78 is 6.55. The van der Waals surface area contributed by atoms with Crippen molar-refractivity contribution in [1.82, 2.24) is 4.90 Å². The summed E-state index contributed by atoms with van der Waals surface area (Å²) in [4.78, 5) is 40.7. The Morgan fingerprint density at radius 3 is 2.52 bits per heavy atom. The third-order valence-electron chi connectivity index (χ3n) is 4.00. The molecule has 160 valence electrons. The second-order valence-corrected chi connectivity index (χ2v) is 9.24. The number of aliphatic imine (C=N–C) groups is 1. The van der Waals surface area contributed by atoms with E-state index in [2.05, 4.69) is 20.9 Å². The number of ether oxygens (including phenoxy) is 1. The number of aliphatic carboxylic acids is 1. The molecular weight excluding hydrogens is 603 g/mol. The van der Waals surface area contributed by atoms with E-state index in [1.165, 1.54) is 28.8 Å². The first-order valence-electron chi connectivity index (χ1n) is 8.59. The molecule has 0 aliphatic carbocycles. The van der Waals surface area contributed by atoms with Crippen molar-refractivity contribution in [2.24, 2.45) is 4.99 Å². The minimum Gasteiger partial charge on any atom is -0.480 e. The Labute approximate surface area is 203 Å². The fraction of sp³-hybridized carbons (Fsp3) is 0.100. The van der Waals surface area contributed by atoms with Crippen LogP contribution < -0.4 is 4.74 Å². The number of hydrogen-bond acceptors (Lipinski definition) is 6. The van der Waals surface area contributed by atoms with Gasteiger partial charge in [0.2, 0.25) is 0 Å². The minimum atomic E-state index is -1.07. The maximum Gasteiger partial charge on any atom is 0.341 e. The van der Waals surface area contributed by atoms with Crippen LogP contribution in [0.4, 0.5) is 5.69 Å². The molecule has 2 aromatic carbocycles. The van der Waals surface area contributed by atoms with Gasteiger partial charge in [0.05, 0.1) is 24.2 Å². The second-order valence-electron chi connectivity index (χ2n) is 6.22. The van der Waals surface area contributed by atoms with Crippen LogP contribution in [0.2, 0.25) is 0 Å². The zero-order chi connectivity index (χ0) is 22.7. The Balaban J connectivity index is 1.84. The number of nitrogens with zero attached hydrogens (tertiary/aromatic N) is 2. The molecule has 0 radical (unpaired) electrons. The summed E-state index contributed by atoms with van der Waals surface area (Å²) in [6.07, 6.45) is 1.72. The van der Waals surface area contributed by atoms with Gasteiger partial charge in [-0.2, -0.15) is 0 Å². The summed E-state index contributed by atoms with van der Waals surface area (Å²) in [5.41, 5.74) is 1.42. The lowest BCUT2D eigenvalue weighted by Gasteiger charge is -2.09. The largest absolute Gasteiger partial charge is 0.480 e. The molecule has 1 aliphatic rings. The standard InChI is InChI=1S/C20H14BrIN2O6S/c1-24-18(27)15(31-20(24)23-12-4-2-11(3-5-12)19(28)29)8-10-6-13(21)17(14(22)7-10)30-9-16(25)26/h2-8H,9H2,1H3,(H,25,26)(H,28,29)/b15-8-,23-20?. The molecule has 1 heterocycles. The Hall–Kier alpha value is -2.38. The van der Waals surface area contributed by atoms with Gasteiger partial charge in [-0.25, -0.2) is 14.6 Å². The molecule has 0 aromatic heterocycles. The monoisotopic (exact) mass is 616 g/mol. The molecule has 1 saturated heterocycles. The Bertz CT molecular complexity index is 1110. The van der Waals surface area contributed by atoms with E-state index >= 15 is 0 Å². The van der Waals surface area contributed by atoms with Crippen LogP contribution in [0, 0.1) is 3.57 Å². The van der Waals surface area contributed by atoms with E-state index in [0.717, 1.165) is 5.56 Å². The first kappa shape index (κ1) is 23.3. The fourth-order valence-corrected chi connectivity index (χ4v) is 5.28. The van der Waals surface area contributed by atoms with E-state index in [-0.39, 0.29) is 11.5 Å². The van der Waals surface area contributed by atoms with Crippen molar-refractivity contribution >= 4 is 85.1 Å². The van der Waals surface area contributed by atoms with Gasteiger partial charge < -0.3 is 14.9 Å². The highest BCUT2D eigenvalue weighted by Gasteiger charge is 2.30. The SMILES string of the molecule is CN1C(=O)/C(=C/c2cc(Br)c(OCC(=O)O)c(I)c2)SC1=Nc1ccc(C(=O)O)cc1. The van der Waals surface area contributed by atoms with Crippen LogP contribution in [0.3, 0.4) is 0 Å². The third kappa shape index (κ3) is 5.66. The molecule has 0 spiro atoms. The molecular formula is C20H14BrIN2O6S. The summed E-state index contributed by atoms with van der Waals surface area (Å²) in [5.74, 6) is -1.90. The van der Waals surface area contributed by atoms with Crippen molar-refractivity contribution in [3.63, 3.8) is 0 Å². The number of rotatable bonds is 6. The molecule has 0 bridgehead atoms. The quantitative estimate of drug-likeness (QED) is 0.364. The minimum absolute atomic E-state index is 0.156. The number of carboxylic acids is 2. The fourth-order valence-electron chi connectivity index (χ4n) is 2.53. The smallest absolute Gasteiger partial charge is 0.341 e. The van der Waals surface area contributed by atoms with Gasteiger partial charge >= 0.3 is 11.9 Å². The Kier molecular flexibility index (Phi) is 7.38. The number of likely N-dealkylation sites (N-methyl/N-ethyl adjacent to an activating group) is 1. The zero-order valence-electron chi connectivity index (χ0n) is 15.8. The van der Waals surface area contributed by atoms with Crippen molar-refractivity contribution in [3.05, 3.63) is 60.5 Å². The lowest BCUT2D eigenvalue weighted by molar-refractivity contribution is -0.139. The van der Waals surface area contributed by atoms with E-state index in [1.807, 2.05) is 22.6 Å². The number of halogens is 2. The number of thioether (sulfide) groups is 1. The first-order chi connectivity index (χ1) is 14.7. The number of carboxylic acid groups (broad SMARTS) is 2. The van der Waals surface area contributed by atoms with Gasteiger partial charge in [0.15, 0.2) is 11.8 Å². The van der Waals surface area contributed by atoms with Crippen molar-refractivity contribution in [2.75, 3.05) is 13.7 Å². The summed E-state index contributed by atoms with van der Waals surface area (Å²) >= 11 is 6.61. The molecule has 1 fully saturated rings. The average molecular weight is 617 g/mol. The Morgan fingerprint density at radius 1 is 1.26 bits per heavy atom. The molecule has 31 heavy (non-hydrogen) atoms. The highest BCUT2D eigenvalue weighted by Crippen LogP contribution is 2.36. The van der Waals surface area contributed by atoms with Crippen LogP contribution in [0.25, 0.3) is 6.08 Å². The normalized spacial score (nSPS) is 16.2. The van der Waals surface area contributed by atoms with Gasteiger partial charge in [0.25, 0.3) is 5.91 Å². The predicted octanol–water partition coefficient (Wildman–Crippen LogP) is 4.45. The molecule has 1 amide bonds. The third-order valence-corrected chi connectivity index (χ3v) is 6.45. The van der Waals surface area contributed by atoms with E-state index in [4.69, 9.17) is 14.9 Å². The number of benzene rings is 2.